The fraction of sp³-hybridized carbons (Fsp3) is 0.400. The summed E-state index contributed by atoms with van der Waals surface area (Å²) in [6, 6.07) is 10.5. The van der Waals surface area contributed by atoms with Gasteiger partial charge in [-0.1, -0.05) is 51.1 Å². The van der Waals surface area contributed by atoms with E-state index in [2.05, 4.69) is 50.4 Å². The van der Waals surface area contributed by atoms with E-state index in [1.165, 1.54) is 15.4 Å². The van der Waals surface area contributed by atoms with Crippen molar-refractivity contribution in [3.05, 3.63) is 40.2 Å². The summed E-state index contributed by atoms with van der Waals surface area (Å²) in [5.74, 6) is 0.493. The van der Waals surface area contributed by atoms with Gasteiger partial charge in [0, 0.05) is 22.9 Å². The number of nitrogens with one attached hydrogen (secondary N) is 1. The van der Waals surface area contributed by atoms with Crippen molar-refractivity contribution in [1.82, 2.24) is 10.3 Å². The van der Waals surface area contributed by atoms with E-state index in [9.17, 15) is 0 Å². The number of hydrogen-bond donors (Lipinski definition) is 1. The van der Waals surface area contributed by atoms with Crippen molar-refractivity contribution < 1.29 is 0 Å². The molecule has 18 heavy (non-hydrogen) atoms. The van der Waals surface area contributed by atoms with E-state index in [-0.39, 0.29) is 0 Å². The van der Waals surface area contributed by atoms with Gasteiger partial charge < -0.3 is 5.32 Å². The predicted molar refractivity (Wildman–Crippen MR) is 79.0 cm³/mol. The van der Waals surface area contributed by atoms with Crippen molar-refractivity contribution in [2.24, 2.45) is 0 Å². The highest BCUT2D eigenvalue weighted by molar-refractivity contribution is 7.12. The molecule has 0 aliphatic carbocycles. The smallest absolute Gasteiger partial charge is 0.0961 e. The first-order valence-electron chi connectivity index (χ1n) is 6.48. The van der Waals surface area contributed by atoms with E-state index in [0.717, 1.165) is 18.8 Å². The van der Waals surface area contributed by atoms with Gasteiger partial charge in [-0.2, -0.15) is 0 Å². The maximum Gasteiger partial charge on any atom is 0.0961 e. The zero-order valence-corrected chi connectivity index (χ0v) is 12.1. The largest absolute Gasteiger partial charge is 0.312 e. The zero-order chi connectivity index (χ0) is 13.0. The van der Waals surface area contributed by atoms with Crippen LogP contribution in [-0.4, -0.2) is 11.5 Å². The Hall–Kier alpha value is -1.19. The summed E-state index contributed by atoms with van der Waals surface area (Å²) in [4.78, 5) is 6.15. The Balaban J connectivity index is 2.37. The Morgan fingerprint density at radius 2 is 1.94 bits per heavy atom. The molecule has 1 aromatic heterocycles. The predicted octanol–water partition coefficient (Wildman–Crippen LogP) is 4.04. The summed E-state index contributed by atoms with van der Waals surface area (Å²) < 4.78 is 0. The quantitative estimate of drug-likeness (QED) is 0.877. The van der Waals surface area contributed by atoms with Crippen LogP contribution in [0.2, 0.25) is 0 Å². The van der Waals surface area contributed by atoms with E-state index >= 15 is 0 Å². The number of hydrogen-bond acceptors (Lipinski definition) is 3. The third-order valence-electron chi connectivity index (χ3n) is 2.79. The SMILES string of the molecule is CCNCc1sc(C(C)C)nc1-c1ccccc1. The molecule has 96 valence electrons. The Morgan fingerprint density at radius 3 is 2.56 bits per heavy atom. The molecule has 1 heterocycles. The van der Waals surface area contributed by atoms with Gasteiger partial charge in [0.1, 0.15) is 0 Å². The van der Waals surface area contributed by atoms with Crippen molar-refractivity contribution in [3.8, 4) is 11.3 Å². The van der Waals surface area contributed by atoms with Crippen molar-refractivity contribution in [2.75, 3.05) is 6.54 Å². The van der Waals surface area contributed by atoms with Crippen molar-refractivity contribution in [1.29, 1.82) is 0 Å². The molecular weight excluding hydrogens is 240 g/mol. The minimum Gasteiger partial charge on any atom is -0.312 e. The highest BCUT2D eigenvalue weighted by Gasteiger charge is 2.14. The lowest BCUT2D eigenvalue weighted by molar-refractivity contribution is 0.735. The van der Waals surface area contributed by atoms with Crippen molar-refractivity contribution >= 4 is 11.3 Å². The summed E-state index contributed by atoms with van der Waals surface area (Å²) >= 11 is 1.83. The zero-order valence-electron chi connectivity index (χ0n) is 11.2. The molecule has 0 spiro atoms. The molecule has 2 aromatic rings. The molecule has 3 heteroatoms. The van der Waals surface area contributed by atoms with Crippen LogP contribution in [0.25, 0.3) is 11.3 Å². The first-order valence-corrected chi connectivity index (χ1v) is 7.29. The van der Waals surface area contributed by atoms with Gasteiger partial charge in [-0.15, -0.1) is 11.3 Å². The van der Waals surface area contributed by atoms with Gasteiger partial charge in [0.25, 0.3) is 0 Å². The summed E-state index contributed by atoms with van der Waals surface area (Å²) in [6.45, 7) is 8.43. The van der Waals surface area contributed by atoms with Crippen LogP contribution in [0.1, 0.15) is 36.6 Å². The Labute approximate surface area is 113 Å². The van der Waals surface area contributed by atoms with Crippen LogP contribution < -0.4 is 5.32 Å². The maximum absolute atomic E-state index is 4.81. The van der Waals surface area contributed by atoms with Gasteiger partial charge in [0.05, 0.1) is 10.7 Å². The molecule has 0 saturated heterocycles. The maximum atomic E-state index is 4.81. The molecular formula is C15H20N2S. The molecule has 0 aliphatic heterocycles. The molecule has 2 rings (SSSR count). The molecule has 0 fully saturated rings. The van der Waals surface area contributed by atoms with Gasteiger partial charge in [0.15, 0.2) is 0 Å². The molecule has 0 atom stereocenters. The molecule has 1 N–H and O–H groups in total. The molecule has 2 nitrogen and oxygen atoms in total. The first kappa shape index (κ1) is 13.2. The lowest BCUT2D eigenvalue weighted by Gasteiger charge is -2.02. The molecule has 0 radical (unpaired) electrons. The summed E-state index contributed by atoms with van der Waals surface area (Å²) in [6.07, 6.45) is 0. The van der Waals surface area contributed by atoms with Crippen LogP contribution in [-0.2, 0) is 6.54 Å². The van der Waals surface area contributed by atoms with Crippen LogP contribution in [0.5, 0.6) is 0 Å². The highest BCUT2D eigenvalue weighted by Crippen LogP contribution is 2.31. The highest BCUT2D eigenvalue weighted by atomic mass is 32.1. The van der Waals surface area contributed by atoms with Gasteiger partial charge in [0.2, 0.25) is 0 Å². The second-order valence-corrected chi connectivity index (χ2v) is 5.74. The standard InChI is InChI=1S/C15H20N2S/c1-4-16-10-13-14(12-8-6-5-7-9-12)17-15(18-13)11(2)3/h5-9,11,16H,4,10H2,1-3H3. The first-order chi connectivity index (χ1) is 8.72. The minimum absolute atomic E-state index is 0.493. The van der Waals surface area contributed by atoms with Gasteiger partial charge >= 0.3 is 0 Å². The molecule has 0 bridgehead atoms. The van der Waals surface area contributed by atoms with Gasteiger partial charge in [-0.05, 0) is 6.54 Å². The minimum atomic E-state index is 0.493. The van der Waals surface area contributed by atoms with Crippen LogP contribution in [0.4, 0.5) is 0 Å². The number of thiazole rings is 1. The number of rotatable bonds is 5. The number of benzene rings is 1. The molecule has 0 saturated carbocycles. The lowest BCUT2D eigenvalue weighted by atomic mass is 10.1. The van der Waals surface area contributed by atoms with E-state index in [1.807, 2.05) is 17.4 Å². The van der Waals surface area contributed by atoms with Gasteiger partial charge in [-0.25, -0.2) is 4.98 Å². The molecule has 1 aromatic carbocycles. The second-order valence-electron chi connectivity index (χ2n) is 4.62. The topological polar surface area (TPSA) is 24.9 Å². The molecule has 0 aliphatic rings. The summed E-state index contributed by atoms with van der Waals surface area (Å²) in [5, 5.41) is 4.62. The molecule has 0 amide bonds. The lowest BCUT2D eigenvalue weighted by Crippen LogP contribution is -2.11. The third kappa shape index (κ3) is 2.98. The fourth-order valence-electron chi connectivity index (χ4n) is 1.80. The Kier molecular flexibility index (Phi) is 4.50. The van der Waals surface area contributed by atoms with Crippen LogP contribution in [0.3, 0.4) is 0 Å². The van der Waals surface area contributed by atoms with E-state index in [0.29, 0.717) is 5.92 Å². The summed E-state index contributed by atoms with van der Waals surface area (Å²) in [7, 11) is 0. The average molecular weight is 260 g/mol. The second kappa shape index (κ2) is 6.12. The van der Waals surface area contributed by atoms with Crippen molar-refractivity contribution in [2.45, 2.75) is 33.2 Å². The third-order valence-corrected chi connectivity index (χ3v) is 4.15. The van der Waals surface area contributed by atoms with E-state index in [1.54, 1.807) is 0 Å². The van der Waals surface area contributed by atoms with E-state index in [4.69, 9.17) is 4.98 Å². The average Bonchev–Trinajstić information content (AvgIpc) is 2.81. The fourth-order valence-corrected chi connectivity index (χ4v) is 2.86. The van der Waals surface area contributed by atoms with Crippen LogP contribution in [0.15, 0.2) is 30.3 Å². The number of aromatic nitrogens is 1. The monoisotopic (exact) mass is 260 g/mol. The Morgan fingerprint density at radius 1 is 1.22 bits per heavy atom. The molecule has 0 unspecified atom stereocenters. The number of nitrogens with zero attached hydrogens (tertiary/aromatic N) is 1. The summed E-state index contributed by atoms with van der Waals surface area (Å²) in [5.41, 5.74) is 2.36. The van der Waals surface area contributed by atoms with Crippen LogP contribution >= 0.6 is 11.3 Å². The van der Waals surface area contributed by atoms with Gasteiger partial charge in [-0.3, -0.25) is 0 Å². The van der Waals surface area contributed by atoms with Crippen LogP contribution in [0, 0.1) is 0 Å². The van der Waals surface area contributed by atoms with Crippen molar-refractivity contribution in [3.63, 3.8) is 0 Å². The normalized spacial score (nSPS) is 11.1. The Bertz CT molecular complexity index is 488. The van der Waals surface area contributed by atoms with E-state index < -0.39 is 0 Å².